The van der Waals surface area contributed by atoms with E-state index in [1.807, 2.05) is 48.2 Å². The first-order valence-corrected chi connectivity index (χ1v) is 12.4. The van der Waals surface area contributed by atoms with Gasteiger partial charge in [-0.05, 0) is 74.2 Å². The molecule has 4 rings (SSSR count). The third kappa shape index (κ3) is 6.72. The summed E-state index contributed by atoms with van der Waals surface area (Å²) < 4.78 is 0. The van der Waals surface area contributed by atoms with Gasteiger partial charge in [-0.15, -0.1) is 0 Å². The van der Waals surface area contributed by atoms with Crippen molar-refractivity contribution in [3.63, 3.8) is 0 Å². The summed E-state index contributed by atoms with van der Waals surface area (Å²) >= 11 is 0. The largest absolute Gasteiger partial charge is 0.376 e. The maximum Gasteiger partial charge on any atom is 0.253 e. The predicted molar refractivity (Wildman–Crippen MR) is 142 cm³/mol. The van der Waals surface area contributed by atoms with E-state index in [1.54, 1.807) is 42.5 Å². The Bertz CT molecular complexity index is 1190. The molecule has 1 heterocycles. The second kappa shape index (κ2) is 12.0. The van der Waals surface area contributed by atoms with Crippen molar-refractivity contribution in [1.29, 1.82) is 0 Å². The van der Waals surface area contributed by atoms with E-state index in [1.165, 1.54) is 6.42 Å². The average Bonchev–Trinajstić information content (AvgIpc) is 2.93. The number of benzene rings is 3. The van der Waals surface area contributed by atoms with Crippen LogP contribution in [0.4, 0.5) is 11.4 Å². The van der Waals surface area contributed by atoms with E-state index in [9.17, 15) is 14.4 Å². The Morgan fingerprint density at radius 2 is 1.53 bits per heavy atom. The summed E-state index contributed by atoms with van der Waals surface area (Å²) in [5.41, 5.74) is 3.47. The first-order valence-electron chi connectivity index (χ1n) is 12.4. The van der Waals surface area contributed by atoms with Crippen LogP contribution in [-0.2, 0) is 4.79 Å². The lowest BCUT2D eigenvalue weighted by molar-refractivity contribution is -0.114. The lowest BCUT2D eigenvalue weighted by Gasteiger charge is -2.26. The first kappa shape index (κ1) is 25.0. The van der Waals surface area contributed by atoms with Gasteiger partial charge in [-0.3, -0.25) is 14.4 Å². The minimum Gasteiger partial charge on any atom is -0.376 e. The number of amides is 3. The van der Waals surface area contributed by atoms with Crippen LogP contribution in [0.5, 0.6) is 0 Å². The van der Waals surface area contributed by atoms with Crippen LogP contribution in [0.2, 0.25) is 0 Å². The highest BCUT2D eigenvalue weighted by Gasteiger charge is 2.18. The molecule has 3 N–H and O–H groups in total. The Hall–Kier alpha value is -4.13. The van der Waals surface area contributed by atoms with Crippen molar-refractivity contribution in [2.24, 2.45) is 0 Å². The SMILES string of the molecule is CC(NC(=O)c1cccc(NCC(=O)Nc2ccc(C(=O)N3CCCCC3)cc2)c1)c1ccccc1. The van der Waals surface area contributed by atoms with Crippen molar-refractivity contribution in [2.75, 3.05) is 30.3 Å². The van der Waals surface area contributed by atoms with Crippen LogP contribution in [0.1, 0.15) is 58.5 Å². The summed E-state index contributed by atoms with van der Waals surface area (Å²) in [6.07, 6.45) is 3.27. The summed E-state index contributed by atoms with van der Waals surface area (Å²) in [6.45, 7) is 3.59. The fourth-order valence-corrected chi connectivity index (χ4v) is 4.24. The number of hydrogen-bond acceptors (Lipinski definition) is 4. The molecule has 186 valence electrons. The zero-order valence-corrected chi connectivity index (χ0v) is 20.5. The van der Waals surface area contributed by atoms with E-state index >= 15 is 0 Å². The van der Waals surface area contributed by atoms with E-state index in [-0.39, 0.29) is 30.3 Å². The van der Waals surface area contributed by atoms with Crippen LogP contribution in [-0.4, -0.2) is 42.3 Å². The average molecular weight is 485 g/mol. The van der Waals surface area contributed by atoms with Gasteiger partial charge in [-0.1, -0.05) is 36.4 Å². The second-order valence-corrected chi connectivity index (χ2v) is 9.02. The van der Waals surface area contributed by atoms with Crippen molar-refractivity contribution < 1.29 is 14.4 Å². The highest BCUT2D eigenvalue weighted by molar-refractivity contribution is 5.97. The van der Waals surface area contributed by atoms with Crippen LogP contribution in [0, 0.1) is 0 Å². The number of anilines is 2. The van der Waals surface area contributed by atoms with E-state index in [0.29, 0.717) is 22.5 Å². The van der Waals surface area contributed by atoms with E-state index in [4.69, 9.17) is 0 Å². The Balaban J connectivity index is 1.27. The van der Waals surface area contributed by atoms with Gasteiger partial charge >= 0.3 is 0 Å². The smallest absolute Gasteiger partial charge is 0.253 e. The second-order valence-electron chi connectivity index (χ2n) is 9.02. The van der Waals surface area contributed by atoms with Crippen LogP contribution in [0.15, 0.2) is 78.9 Å². The number of hydrogen-bond donors (Lipinski definition) is 3. The predicted octanol–water partition coefficient (Wildman–Crippen LogP) is 4.85. The molecule has 1 aliphatic heterocycles. The van der Waals surface area contributed by atoms with Crippen LogP contribution in [0.3, 0.4) is 0 Å². The molecular formula is C29H32N4O3. The van der Waals surface area contributed by atoms with Gasteiger partial charge in [-0.2, -0.15) is 0 Å². The van der Waals surface area contributed by atoms with Gasteiger partial charge in [0.05, 0.1) is 12.6 Å². The summed E-state index contributed by atoms with van der Waals surface area (Å²) in [5.74, 6) is -0.368. The van der Waals surface area contributed by atoms with Crippen molar-refractivity contribution in [3.8, 4) is 0 Å². The standard InChI is InChI=1S/C29H32N4O3/c1-21(22-9-4-2-5-10-22)31-28(35)24-11-8-12-26(19-24)30-20-27(34)32-25-15-13-23(14-16-25)29(36)33-17-6-3-7-18-33/h2,4-5,8-16,19,21,30H,3,6-7,17-18,20H2,1H3,(H,31,35)(H,32,34). The number of rotatable bonds is 8. The molecule has 7 nitrogen and oxygen atoms in total. The Morgan fingerprint density at radius 1 is 0.806 bits per heavy atom. The van der Waals surface area contributed by atoms with Crippen molar-refractivity contribution in [3.05, 3.63) is 95.6 Å². The maximum absolute atomic E-state index is 12.7. The molecule has 0 bridgehead atoms. The highest BCUT2D eigenvalue weighted by atomic mass is 16.2. The number of carbonyl (C=O) groups is 3. The monoisotopic (exact) mass is 484 g/mol. The molecule has 3 amide bonds. The molecule has 1 unspecified atom stereocenters. The molecule has 1 fully saturated rings. The van der Waals surface area contributed by atoms with Gasteiger partial charge in [0, 0.05) is 35.6 Å². The number of nitrogens with zero attached hydrogens (tertiary/aromatic N) is 1. The van der Waals surface area contributed by atoms with Crippen LogP contribution in [0.25, 0.3) is 0 Å². The van der Waals surface area contributed by atoms with Crippen LogP contribution < -0.4 is 16.0 Å². The number of nitrogens with one attached hydrogen (secondary N) is 3. The van der Waals surface area contributed by atoms with Crippen molar-refractivity contribution >= 4 is 29.1 Å². The van der Waals surface area contributed by atoms with E-state index in [0.717, 1.165) is 31.5 Å². The Labute approximate surface area is 211 Å². The minimum absolute atomic E-state index is 0.0383. The molecule has 7 heteroatoms. The molecule has 1 atom stereocenters. The number of likely N-dealkylation sites (tertiary alicyclic amines) is 1. The summed E-state index contributed by atoms with van der Waals surface area (Å²) in [4.78, 5) is 39.6. The normalized spacial score (nSPS) is 14.0. The van der Waals surface area contributed by atoms with Gasteiger partial charge in [0.1, 0.15) is 0 Å². The molecule has 0 aliphatic carbocycles. The van der Waals surface area contributed by atoms with Gasteiger partial charge in [0.15, 0.2) is 0 Å². The molecule has 0 spiro atoms. The fraction of sp³-hybridized carbons (Fsp3) is 0.276. The zero-order valence-electron chi connectivity index (χ0n) is 20.5. The Morgan fingerprint density at radius 3 is 2.25 bits per heavy atom. The van der Waals surface area contributed by atoms with Crippen LogP contribution >= 0.6 is 0 Å². The topological polar surface area (TPSA) is 90.5 Å². The lowest BCUT2D eigenvalue weighted by atomic mass is 10.1. The molecule has 3 aromatic carbocycles. The van der Waals surface area contributed by atoms with Gasteiger partial charge < -0.3 is 20.9 Å². The summed E-state index contributed by atoms with van der Waals surface area (Å²) in [7, 11) is 0. The van der Waals surface area contributed by atoms with Crippen molar-refractivity contribution in [1.82, 2.24) is 10.2 Å². The molecule has 0 radical (unpaired) electrons. The quantitative estimate of drug-likeness (QED) is 0.426. The van der Waals surface area contributed by atoms with Crippen molar-refractivity contribution in [2.45, 2.75) is 32.2 Å². The van der Waals surface area contributed by atoms with Gasteiger partial charge in [0.2, 0.25) is 5.91 Å². The molecule has 1 saturated heterocycles. The molecule has 0 saturated carbocycles. The molecule has 0 aromatic heterocycles. The minimum atomic E-state index is -0.224. The molecular weight excluding hydrogens is 452 g/mol. The summed E-state index contributed by atoms with van der Waals surface area (Å²) in [5, 5.41) is 8.90. The van der Waals surface area contributed by atoms with Gasteiger partial charge in [0.25, 0.3) is 11.8 Å². The number of piperidine rings is 1. The third-order valence-corrected chi connectivity index (χ3v) is 6.28. The molecule has 36 heavy (non-hydrogen) atoms. The fourth-order valence-electron chi connectivity index (χ4n) is 4.24. The third-order valence-electron chi connectivity index (χ3n) is 6.28. The first-order chi connectivity index (χ1) is 17.5. The maximum atomic E-state index is 12.7. The zero-order chi connectivity index (χ0) is 25.3. The summed E-state index contributed by atoms with van der Waals surface area (Å²) in [6, 6.07) is 23.7. The van der Waals surface area contributed by atoms with Gasteiger partial charge in [-0.25, -0.2) is 0 Å². The molecule has 1 aliphatic rings. The van der Waals surface area contributed by atoms with E-state index < -0.39 is 0 Å². The molecule has 3 aromatic rings. The lowest BCUT2D eigenvalue weighted by Crippen LogP contribution is -2.35. The van der Waals surface area contributed by atoms with E-state index in [2.05, 4.69) is 16.0 Å². The Kier molecular flexibility index (Phi) is 8.34. The highest BCUT2D eigenvalue weighted by Crippen LogP contribution is 2.17. The number of carbonyl (C=O) groups excluding carboxylic acids is 3.